The van der Waals surface area contributed by atoms with Crippen LogP contribution in [0, 0.1) is 0 Å². The minimum Gasteiger partial charge on any atom is -0.497 e. The highest BCUT2D eigenvalue weighted by Gasteiger charge is 2.23. The minimum absolute atomic E-state index is 0.320. The van der Waals surface area contributed by atoms with Gasteiger partial charge in [0, 0.05) is 12.1 Å². The Morgan fingerprint density at radius 1 is 1.25 bits per heavy atom. The summed E-state index contributed by atoms with van der Waals surface area (Å²) in [5.41, 5.74) is 2.91. The molecule has 1 aliphatic heterocycles. The molecule has 0 aromatic heterocycles. The molecule has 1 fully saturated rings. The first kappa shape index (κ1) is 17.7. The number of aliphatic hydroxyl groups is 1. The lowest BCUT2D eigenvalue weighted by atomic mass is 9.87. The number of unbranched alkanes of at least 4 members (excludes halogenated alkanes) is 1. The Morgan fingerprint density at radius 2 is 2.17 bits per heavy atom. The third-order valence-corrected chi connectivity index (χ3v) is 5.64. The summed E-state index contributed by atoms with van der Waals surface area (Å²) < 4.78 is 5.35. The maximum Gasteiger partial charge on any atom is 0.119 e. The van der Waals surface area contributed by atoms with E-state index in [9.17, 15) is 5.11 Å². The molecule has 134 valence electrons. The predicted molar refractivity (Wildman–Crippen MR) is 97.6 cm³/mol. The molecule has 2 aliphatic rings. The maximum absolute atomic E-state index is 9.38. The van der Waals surface area contributed by atoms with Crippen LogP contribution in [0.3, 0.4) is 0 Å². The first-order valence-electron chi connectivity index (χ1n) is 9.57. The van der Waals surface area contributed by atoms with Gasteiger partial charge < -0.3 is 15.2 Å². The fourth-order valence-corrected chi connectivity index (χ4v) is 4.24. The standard InChI is InChI=1S/C20H32N2O2/c1-24-18-9-10-19-16(14-18)6-4-8-20(19)21-11-2-3-12-22-13-5-7-17(22)15-23/h9-10,14,17,20-21,23H,2-8,11-13,15H2,1H3. The van der Waals surface area contributed by atoms with Gasteiger partial charge in [0.25, 0.3) is 0 Å². The number of rotatable bonds is 8. The predicted octanol–water partition coefficient (Wildman–Crippen LogP) is 2.90. The molecule has 0 radical (unpaired) electrons. The van der Waals surface area contributed by atoms with Crippen molar-refractivity contribution in [3.05, 3.63) is 29.3 Å². The van der Waals surface area contributed by atoms with Crippen LogP contribution in [-0.2, 0) is 6.42 Å². The summed E-state index contributed by atoms with van der Waals surface area (Å²) in [6.45, 7) is 3.69. The zero-order valence-corrected chi connectivity index (χ0v) is 15.0. The molecular formula is C20H32N2O2. The molecule has 4 nitrogen and oxygen atoms in total. The van der Waals surface area contributed by atoms with Crippen molar-refractivity contribution in [1.82, 2.24) is 10.2 Å². The van der Waals surface area contributed by atoms with Crippen LogP contribution < -0.4 is 10.1 Å². The molecule has 0 saturated carbocycles. The molecule has 2 N–H and O–H groups in total. The van der Waals surface area contributed by atoms with Crippen molar-refractivity contribution in [2.45, 2.75) is 57.0 Å². The van der Waals surface area contributed by atoms with E-state index in [1.165, 1.54) is 49.7 Å². The minimum atomic E-state index is 0.320. The van der Waals surface area contributed by atoms with Gasteiger partial charge in [0.1, 0.15) is 5.75 Å². The average Bonchev–Trinajstić information content (AvgIpc) is 3.08. The van der Waals surface area contributed by atoms with Crippen molar-refractivity contribution < 1.29 is 9.84 Å². The molecule has 0 spiro atoms. The molecule has 0 amide bonds. The number of benzene rings is 1. The molecule has 24 heavy (non-hydrogen) atoms. The van der Waals surface area contributed by atoms with E-state index in [-0.39, 0.29) is 0 Å². The van der Waals surface area contributed by atoms with Crippen LogP contribution >= 0.6 is 0 Å². The van der Waals surface area contributed by atoms with E-state index in [1.54, 1.807) is 7.11 Å². The quantitative estimate of drug-likeness (QED) is 0.719. The van der Waals surface area contributed by atoms with Gasteiger partial charge in [-0.1, -0.05) is 6.07 Å². The Balaban J connectivity index is 1.41. The van der Waals surface area contributed by atoms with E-state index < -0.39 is 0 Å². The van der Waals surface area contributed by atoms with E-state index in [4.69, 9.17) is 4.74 Å². The molecule has 0 bridgehead atoms. The normalized spacial score (nSPS) is 24.1. The van der Waals surface area contributed by atoms with E-state index in [2.05, 4.69) is 28.4 Å². The molecule has 1 aromatic carbocycles. The summed E-state index contributed by atoms with van der Waals surface area (Å²) in [6.07, 6.45) is 8.48. The topological polar surface area (TPSA) is 44.7 Å². The molecule has 4 heteroatoms. The van der Waals surface area contributed by atoms with Gasteiger partial charge in [0.15, 0.2) is 0 Å². The number of nitrogens with zero attached hydrogens (tertiary/aromatic N) is 1. The smallest absolute Gasteiger partial charge is 0.119 e. The van der Waals surface area contributed by atoms with Gasteiger partial charge in [-0.05, 0) is 87.8 Å². The second-order valence-electron chi connectivity index (χ2n) is 7.19. The van der Waals surface area contributed by atoms with Crippen LogP contribution in [0.4, 0.5) is 0 Å². The SMILES string of the molecule is COc1ccc2c(c1)CCCC2NCCCCN1CCCC1CO. The van der Waals surface area contributed by atoms with Gasteiger partial charge in [-0.15, -0.1) is 0 Å². The van der Waals surface area contributed by atoms with E-state index >= 15 is 0 Å². The van der Waals surface area contributed by atoms with E-state index in [0.717, 1.165) is 31.8 Å². The van der Waals surface area contributed by atoms with Gasteiger partial charge in [0.2, 0.25) is 0 Å². The highest BCUT2D eigenvalue weighted by Crippen LogP contribution is 2.32. The zero-order valence-electron chi connectivity index (χ0n) is 15.0. The van der Waals surface area contributed by atoms with Crippen molar-refractivity contribution in [2.24, 2.45) is 0 Å². The lowest BCUT2D eigenvalue weighted by Gasteiger charge is -2.27. The van der Waals surface area contributed by atoms with Crippen molar-refractivity contribution in [3.63, 3.8) is 0 Å². The lowest BCUT2D eigenvalue weighted by Crippen LogP contribution is -2.33. The molecule has 2 atom stereocenters. The first-order valence-corrected chi connectivity index (χ1v) is 9.57. The van der Waals surface area contributed by atoms with Crippen LogP contribution in [0.1, 0.15) is 55.7 Å². The molecule has 2 unspecified atom stereocenters. The molecule has 1 saturated heterocycles. The fraction of sp³-hybridized carbons (Fsp3) is 0.700. The van der Waals surface area contributed by atoms with Gasteiger partial charge in [0.05, 0.1) is 13.7 Å². The third-order valence-electron chi connectivity index (χ3n) is 5.64. The van der Waals surface area contributed by atoms with Gasteiger partial charge >= 0.3 is 0 Å². The molecular weight excluding hydrogens is 300 g/mol. The second-order valence-corrected chi connectivity index (χ2v) is 7.19. The van der Waals surface area contributed by atoms with E-state index in [1.807, 2.05) is 0 Å². The molecule has 1 heterocycles. The summed E-state index contributed by atoms with van der Waals surface area (Å²) >= 11 is 0. The maximum atomic E-state index is 9.38. The van der Waals surface area contributed by atoms with Crippen molar-refractivity contribution in [3.8, 4) is 5.75 Å². The third kappa shape index (κ3) is 4.29. The number of likely N-dealkylation sites (tertiary alicyclic amines) is 1. The van der Waals surface area contributed by atoms with Crippen LogP contribution in [0.15, 0.2) is 18.2 Å². The van der Waals surface area contributed by atoms with E-state index in [0.29, 0.717) is 18.7 Å². The number of ether oxygens (including phenoxy) is 1. The molecule has 3 rings (SSSR count). The summed E-state index contributed by atoms with van der Waals surface area (Å²) in [5.74, 6) is 0.971. The highest BCUT2D eigenvalue weighted by molar-refractivity contribution is 5.39. The Bertz CT molecular complexity index is 520. The monoisotopic (exact) mass is 332 g/mol. The number of aliphatic hydroxyl groups excluding tert-OH is 1. The highest BCUT2D eigenvalue weighted by atomic mass is 16.5. The Kier molecular flexibility index (Phi) is 6.52. The van der Waals surface area contributed by atoms with Crippen molar-refractivity contribution in [1.29, 1.82) is 0 Å². The summed E-state index contributed by atoms with van der Waals surface area (Å²) in [4.78, 5) is 2.46. The number of fused-ring (bicyclic) bond motifs is 1. The number of hydrogen-bond acceptors (Lipinski definition) is 4. The summed E-state index contributed by atoms with van der Waals surface area (Å²) in [7, 11) is 1.74. The number of methoxy groups -OCH3 is 1. The second kappa shape index (κ2) is 8.84. The van der Waals surface area contributed by atoms with Gasteiger partial charge in [-0.2, -0.15) is 0 Å². The fourth-order valence-electron chi connectivity index (χ4n) is 4.24. The van der Waals surface area contributed by atoms with Crippen LogP contribution in [0.5, 0.6) is 5.75 Å². The number of hydrogen-bond donors (Lipinski definition) is 2. The lowest BCUT2D eigenvalue weighted by molar-refractivity contribution is 0.157. The Morgan fingerprint density at radius 3 is 3.00 bits per heavy atom. The van der Waals surface area contributed by atoms with Gasteiger partial charge in [-0.25, -0.2) is 0 Å². The van der Waals surface area contributed by atoms with Crippen LogP contribution in [0.2, 0.25) is 0 Å². The first-order chi connectivity index (χ1) is 11.8. The Hall–Kier alpha value is -1.10. The summed E-state index contributed by atoms with van der Waals surface area (Å²) in [5, 5.41) is 13.1. The van der Waals surface area contributed by atoms with Crippen molar-refractivity contribution >= 4 is 0 Å². The average molecular weight is 332 g/mol. The largest absolute Gasteiger partial charge is 0.497 e. The molecule has 1 aliphatic carbocycles. The van der Waals surface area contributed by atoms with Gasteiger partial charge in [-0.3, -0.25) is 4.90 Å². The summed E-state index contributed by atoms with van der Waals surface area (Å²) in [6, 6.07) is 7.43. The molecule has 1 aromatic rings. The van der Waals surface area contributed by atoms with Crippen LogP contribution in [0.25, 0.3) is 0 Å². The van der Waals surface area contributed by atoms with Crippen LogP contribution in [-0.4, -0.2) is 49.4 Å². The Labute approximate surface area is 146 Å². The number of aryl methyl sites for hydroxylation is 1. The van der Waals surface area contributed by atoms with Crippen molar-refractivity contribution in [2.75, 3.05) is 33.4 Å². The number of nitrogens with one attached hydrogen (secondary N) is 1. The zero-order chi connectivity index (χ0) is 16.8.